The van der Waals surface area contributed by atoms with Crippen molar-refractivity contribution in [3.63, 3.8) is 0 Å². The number of aliphatic hydroxyl groups excluding tert-OH is 1. The quantitative estimate of drug-likeness (QED) is 0.462. The van der Waals surface area contributed by atoms with E-state index in [4.69, 9.17) is 21.1 Å². The van der Waals surface area contributed by atoms with E-state index in [2.05, 4.69) is 10.3 Å². The summed E-state index contributed by atoms with van der Waals surface area (Å²) in [5.74, 6) is -0.0381. The second-order valence-corrected chi connectivity index (χ2v) is 11.6. The molecule has 1 spiro atoms. The summed E-state index contributed by atoms with van der Waals surface area (Å²) in [6.45, 7) is 10.1. The van der Waals surface area contributed by atoms with Crippen LogP contribution in [0.3, 0.4) is 0 Å². The van der Waals surface area contributed by atoms with Crippen LogP contribution in [0.2, 0.25) is 5.02 Å². The monoisotopic (exact) mass is 538 g/mol. The van der Waals surface area contributed by atoms with Gasteiger partial charge in [-0.1, -0.05) is 35.9 Å². The van der Waals surface area contributed by atoms with Crippen LogP contribution in [0.4, 0.5) is 5.82 Å². The molecular weight excluding hydrogens is 504 g/mol. The minimum atomic E-state index is -0.676. The molecule has 0 bridgehead atoms. The van der Waals surface area contributed by atoms with E-state index in [-0.39, 0.29) is 18.6 Å². The van der Waals surface area contributed by atoms with Gasteiger partial charge in [0, 0.05) is 49.2 Å². The number of carbonyl (C=O) groups is 1. The van der Waals surface area contributed by atoms with Crippen molar-refractivity contribution < 1.29 is 19.4 Å². The van der Waals surface area contributed by atoms with Crippen molar-refractivity contribution in [3.05, 3.63) is 70.6 Å². The van der Waals surface area contributed by atoms with Crippen LogP contribution in [0.25, 0.3) is 11.1 Å². The van der Waals surface area contributed by atoms with Crippen LogP contribution in [0.5, 0.6) is 0 Å². The van der Waals surface area contributed by atoms with Gasteiger partial charge in [-0.15, -0.1) is 0 Å². The number of nitrogens with zero attached hydrogens (tertiary/aromatic N) is 3. The number of benzene rings is 1. The number of aliphatic hydroxyl groups is 1. The van der Waals surface area contributed by atoms with Crippen molar-refractivity contribution in [3.8, 4) is 11.1 Å². The van der Waals surface area contributed by atoms with Gasteiger partial charge >= 0.3 is 0 Å². The van der Waals surface area contributed by atoms with Gasteiger partial charge in [-0.2, -0.15) is 0 Å². The lowest BCUT2D eigenvalue weighted by molar-refractivity contribution is -0.288. The smallest absolute Gasteiger partial charge is 0.270 e. The number of pyridine rings is 1. The van der Waals surface area contributed by atoms with E-state index in [9.17, 15) is 9.90 Å². The molecule has 2 aliphatic rings. The van der Waals surface area contributed by atoms with Gasteiger partial charge in [-0.25, -0.2) is 4.98 Å². The highest BCUT2D eigenvalue weighted by Crippen LogP contribution is 2.38. The fourth-order valence-corrected chi connectivity index (χ4v) is 5.38. The standard InChI is InChI=1S/C29H35ClN4O4/c1-19(2)32-26-10-23(24(30)11-31-26)22-9-25-27(36)34(12-20-7-5-6-8-21(20)14-35)16-29(15-33(25)13-22)17-37-28(3,4)38-18-29/h5-11,13,19,35H,12,14-18H2,1-4H3,(H,31,32). The van der Waals surface area contributed by atoms with Crippen LogP contribution < -0.4 is 5.32 Å². The first-order valence-electron chi connectivity index (χ1n) is 13.0. The van der Waals surface area contributed by atoms with E-state index in [0.717, 1.165) is 28.1 Å². The fraction of sp³-hybridized carbons (Fsp3) is 0.448. The molecule has 1 aromatic carbocycles. The number of hydrogen-bond acceptors (Lipinski definition) is 6. The molecule has 4 heterocycles. The number of carbonyl (C=O) groups excluding carboxylic acids is 1. The zero-order valence-electron chi connectivity index (χ0n) is 22.3. The Morgan fingerprint density at radius 3 is 2.53 bits per heavy atom. The lowest BCUT2D eigenvalue weighted by atomic mass is 9.87. The van der Waals surface area contributed by atoms with Gasteiger partial charge in [0.1, 0.15) is 11.5 Å². The van der Waals surface area contributed by atoms with Crippen molar-refractivity contribution in [2.24, 2.45) is 5.41 Å². The summed E-state index contributed by atoms with van der Waals surface area (Å²) in [4.78, 5) is 20.3. The number of rotatable bonds is 6. The summed E-state index contributed by atoms with van der Waals surface area (Å²) in [5, 5.41) is 13.7. The van der Waals surface area contributed by atoms with Gasteiger partial charge < -0.3 is 29.4 Å². The van der Waals surface area contributed by atoms with Crippen LogP contribution >= 0.6 is 11.6 Å². The molecule has 5 rings (SSSR count). The summed E-state index contributed by atoms with van der Waals surface area (Å²) in [7, 11) is 0. The van der Waals surface area contributed by atoms with Gasteiger partial charge in [0.25, 0.3) is 5.91 Å². The van der Waals surface area contributed by atoms with E-state index in [1.54, 1.807) is 6.20 Å². The molecule has 2 aromatic heterocycles. The summed E-state index contributed by atoms with van der Waals surface area (Å²) in [5.41, 5.74) is 3.51. The Labute approximate surface area is 228 Å². The maximum atomic E-state index is 14.0. The van der Waals surface area contributed by atoms with Crippen LogP contribution in [-0.2, 0) is 29.2 Å². The minimum Gasteiger partial charge on any atom is -0.392 e. The largest absolute Gasteiger partial charge is 0.392 e. The number of fused-ring (bicyclic) bond motifs is 1. The molecule has 202 valence electrons. The van der Waals surface area contributed by atoms with Crippen molar-refractivity contribution in [1.29, 1.82) is 0 Å². The number of nitrogens with one attached hydrogen (secondary N) is 1. The third kappa shape index (κ3) is 5.45. The SMILES string of the molecule is CC(C)Nc1cc(-c2cc3n(c2)CC2(COC(C)(C)OC2)CN(Cc2ccccc2CO)C3=O)c(Cl)cn1. The molecule has 1 saturated heterocycles. The van der Waals surface area contributed by atoms with E-state index in [1.165, 1.54) is 0 Å². The van der Waals surface area contributed by atoms with Crippen LogP contribution in [0.1, 0.15) is 49.3 Å². The Morgan fingerprint density at radius 2 is 1.84 bits per heavy atom. The molecule has 0 aliphatic carbocycles. The number of anilines is 1. The molecule has 38 heavy (non-hydrogen) atoms. The maximum absolute atomic E-state index is 14.0. The fourth-order valence-electron chi connectivity index (χ4n) is 5.17. The van der Waals surface area contributed by atoms with E-state index < -0.39 is 11.2 Å². The Morgan fingerprint density at radius 1 is 1.13 bits per heavy atom. The lowest BCUT2D eigenvalue weighted by Crippen LogP contribution is -2.53. The van der Waals surface area contributed by atoms with Crippen LogP contribution in [0, 0.1) is 5.41 Å². The molecule has 2 aliphatic heterocycles. The summed E-state index contributed by atoms with van der Waals surface area (Å²) in [6.07, 6.45) is 3.62. The molecule has 9 heteroatoms. The van der Waals surface area contributed by atoms with Crippen molar-refractivity contribution >= 4 is 23.3 Å². The second kappa shape index (κ2) is 10.3. The highest BCUT2D eigenvalue weighted by atomic mass is 35.5. The van der Waals surface area contributed by atoms with Gasteiger partial charge in [-0.3, -0.25) is 4.79 Å². The van der Waals surface area contributed by atoms with Crippen LogP contribution in [-0.4, -0.2) is 57.1 Å². The van der Waals surface area contributed by atoms with Crippen LogP contribution in [0.15, 0.2) is 48.8 Å². The van der Waals surface area contributed by atoms with Gasteiger partial charge in [0.2, 0.25) is 0 Å². The normalized spacial score (nSPS) is 18.5. The first kappa shape index (κ1) is 26.7. The predicted molar refractivity (Wildman–Crippen MR) is 147 cm³/mol. The number of amides is 1. The molecule has 1 fully saturated rings. The summed E-state index contributed by atoms with van der Waals surface area (Å²) in [6, 6.07) is 11.7. The molecule has 0 unspecified atom stereocenters. The summed E-state index contributed by atoms with van der Waals surface area (Å²) < 4.78 is 14.2. The van der Waals surface area contributed by atoms with Crippen molar-refractivity contribution in [2.75, 3.05) is 25.1 Å². The number of hydrogen-bond donors (Lipinski definition) is 2. The van der Waals surface area contributed by atoms with Crippen molar-refractivity contribution in [1.82, 2.24) is 14.5 Å². The van der Waals surface area contributed by atoms with Gasteiger partial charge in [0.05, 0.1) is 30.3 Å². The average Bonchev–Trinajstić information content (AvgIpc) is 3.25. The highest BCUT2D eigenvalue weighted by molar-refractivity contribution is 6.33. The number of ether oxygens (including phenoxy) is 2. The molecule has 0 saturated carbocycles. The molecular formula is C29H35ClN4O4. The molecule has 3 aromatic rings. The zero-order valence-corrected chi connectivity index (χ0v) is 23.1. The van der Waals surface area contributed by atoms with E-state index >= 15 is 0 Å². The first-order chi connectivity index (χ1) is 18.1. The first-order valence-corrected chi connectivity index (χ1v) is 13.3. The molecule has 0 radical (unpaired) electrons. The Hall–Kier alpha value is -2.91. The highest BCUT2D eigenvalue weighted by Gasteiger charge is 2.45. The third-order valence-electron chi connectivity index (χ3n) is 7.14. The van der Waals surface area contributed by atoms with E-state index in [1.807, 2.05) is 79.8 Å². The zero-order chi connectivity index (χ0) is 27.1. The molecule has 8 nitrogen and oxygen atoms in total. The Bertz CT molecular complexity index is 1330. The minimum absolute atomic E-state index is 0.0857. The number of halogens is 1. The van der Waals surface area contributed by atoms with Gasteiger partial charge in [0.15, 0.2) is 5.79 Å². The predicted octanol–water partition coefficient (Wildman–Crippen LogP) is 4.94. The van der Waals surface area contributed by atoms with Crippen molar-refractivity contribution in [2.45, 2.75) is 59.2 Å². The Kier molecular flexibility index (Phi) is 7.26. The lowest BCUT2D eigenvalue weighted by Gasteiger charge is -2.44. The molecule has 0 atom stereocenters. The number of aromatic nitrogens is 2. The molecule has 2 N–H and O–H groups in total. The molecule has 1 amide bonds. The topological polar surface area (TPSA) is 88.9 Å². The third-order valence-corrected chi connectivity index (χ3v) is 7.44. The Balaban J connectivity index is 1.55. The van der Waals surface area contributed by atoms with Gasteiger partial charge in [-0.05, 0) is 51.0 Å². The summed E-state index contributed by atoms with van der Waals surface area (Å²) >= 11 is 6.58. The average molecular weight is 539 g/mol. The second-order valence-electron chi connectivity index (χ2n) is 11.2. The maximum Gasteiger partial charge on any atom is 0.270 e. The van der Waals surface area contributed by atoms with E-state index in [0.29, 0.717) is 43.6 Å².